The van der Waals surface area contributed by atoms with Gasteiger partial charge in [-0.1, -0.05) is 18.9 Å². The van der Waals surface area contributed by atoms with Crippen LogP contribution in [0, 0.1) is 6.92 Å². The second kappa shape index (κ2) is 5.21. The first-order valence-electron chi connectivity index (χ1n) is 6.28. The lowest BCUT2D eigenvalue weighted by atomic mass is 10.1. The Kier molecular flexibility index (Phi) is 3.67. The molecule has 0 unspecified atom stereocenters. The maximum Gasteiger partial charge on any atom is 0.336 e. The molecule has 92 valence electrons. The van der Waals surface area contributed by atoms with Crippen LogP contribution in [0.4, 0.5) is 5.69 Å². The van der Waals surface area contributed by atoms with E-state index in [1.54, 1.807) is 6.07 Å². The van der Waals surface area contributed by atoms with Gasteiger partial charge in [-0.15, -0.1) is 0 Å². The molecule has 1 aliphatic heterocycles. The van der Waals surface area contributed by atoms with Crippen molar-refractivity contribution in [1.82, 2.24) is 0 Å². The SMILES string of the molecule is Cc1c(C(=O)O)cccc1N1CCCCCC1. The zero-order chi connectivity index (χ0) is 12.3. The minimum Gasteiger partial charge on any atom is -0.478 e. The number of benzene rings is 1. The van der Waals surface area contributed by atoms with Crippen molar-refractivity contribution >= 4 is 11.7 Å². The van der Waals surface area contributed by atoms with Gasteiger partial charge in [0, 0.05) is 18.8 Å². The third kappa shape index (κ3) is 2.60. The van der Waals surface area contributed by atoms with Gasteiger partial charge in [-0.3, -0.25) is 0 Å². The van der Waals surface area contributed by atoms with Crippen LogP contribution in [-0.4, -0.2) is 24.2 Å². The number of carbonyl (C=O) groups is 1. The number of carboxylic acids is 1. The van der Waals surface area contributed by atoms with Gasteiger partial charge in [0.15, 0.2) is 0 Å². The molecule has 0 spiro atoms. The van der Waals surface area contributed by atoms with E-state index >= 15 is 0 Å². The number of anilines is 1. The highest BCUT2D eigenvalue weighted by Gasteiger charge is 2.15. The molecule has 1 fully saturated rings. The molecule has 1 N–H and O–H groups in total. The van der Waals surface area contributed by atoms with E-state index in [2.05, 4.69) is 4.90 Å². The Morgan fingerprint density at radius 3 is 2.41 bits per heavy atom. The molecule has 1 heterocycles. The highest BCUT2D eigenvalue weighted by Crippen LogP contribution is 2.25. The molecule has 3 nitrogen and oxygen atoms in total. The number of aromatic carboxylic acids is 1. The quantitative estimate of drug-likeness (QED) is 0.853. The molecule has 1 saturated heterocycles. The van der Waals surface area contributed by atoms with Crippen molar-refractivity contribution in [1.29, 1.82) is 0 Å². The average Bonchev–Trinajstić information content (AvgIpc) is 2.57. The van der Waals surface area contributed by atoms with Crippen LogP contribution in [0.2, 0.25) is 0 Å². The predicted octanol–water partition coefficient (Wildman–Crippen LogP) is 3.07. The first-order valence-corrected chi connectivity index (χ1v) is 6.28. The molecule has 17 heavy (non-hydrogen) atoms. The van der Waals surface area contributed by atoms with Crippen molar-refractivity contribution < 1.29 is 9.90 Å². The minimum atomic E-state index is -0.834. The van der Waals surface area contributed by atoms with Crippen LogP contribution in [0.3, 0.4) is 0 Å². The molecule has 2 rings (SSSR count). The Hall–Kier alpha value is -1.51. The normalized spacial score (nSPS) is 16.6. The fourth-order valence-electron chi connectivity index (χ4n) is 2.51. The predicted molar refractivity (Wildman–Crippen MR) is 68.8 cm³/mol. The lowest BCUT2D eigenvalue weighted by Crippen LogP contribution is -2.25. The topological polar surface area (TPSA) is 40.5 Å². The molecule has 1 aromatic rings. The highest BCUT2D eigenvalue weighted by atomic mass is 16.4. The van der Waals surface area contributed by atoms with Crippen LogP contribution in [0.5, 0.6) is 0 Å². The number of rotatable bonds is 2. The summed E-state index contributed by atoms with van der Waals surface area (Å²) < 4.78 is 0. The summed E-state index contributed by atoms with van der Waals surface area (Å²) >= 11 is 0. The van der Waals surface area contributed by atoms with Gasteiger partial charge in [-0.25, -0.2) is 4.79 Å². The van der Waals surface area contributed by atoms with Gasteiger partial charge < -0.3 is 10.0 Å². The summed E-state index contributed by atoms with van der Waals surface area (Å²) in [5.41, 5.74) is 2.40. The van der Waals surface area contributed by atoms with E-state index in [1.165, 1.54) is 25.7 Å². The summed E-state index contributed by atoms with van der Waals surface area (Å²) in [5.74, 6) is -0.834. The second-order valence-electron chi connectivity index (χ2n) is 4.66. The first-order chi connectivity index (χ1) is 8.20. The van der Waals surface area contributed by atoms with Crippen LogP contribution in [0.15, 0.2) is 18.2 Å². The van der Waals surface area contributed by atoms with E-state index in [1.807, 2.05) is 19.1 Å². The fraction of sp³-hybridized carbons (Fsp3) is 0.500. The minimum absolute atomic E-state index is 0.423. The van der Waals surface area contributed by atoms with E-state index in [0.29, 0.717) is 5.56 Å². The van der Waals surface area contributed by atoms with E-state index in [-0.39, 0.29) is 0 Å². The van der Waals surface area contributed by atoms with Gasteiger partial charge in [0.25, 0.3) is 0 Å². The summed E-state index contributed by atoms with van der Waals surface area (Å²) in [6, 6.07) is 5.56. The molecule has 0 bridgehead atoms. The number of carboxylic acid groups (broad SMARTS) is 1. The zero-order valence-corrected chi connectivity index (χ0v) is 10.3. The Labute approximate surface area is 102 Å². The van der Waals surface area contributed by atoms with Gasteiger partial charge in [-0.2, -0.15) is 0 Å². The molecular weight excluding hydrogens is 214 g/mol. The molecule has 1 aliphatic rings. The van der Waals surface area contributed by atoms with Crippen LogP contribution >= 0.6 is 0 Å². The molecule has 3 heteroatoms. The zero-order valence-electron chi connectivity index (χ0n) is 10.3. The Morgan fingerprint density at radius 1 is 1.18 bits per heavy atom. The van der Waals surface area contributed by atoms with Gasteiger partial charge >= 0.3 is 5.97 Å². The fourth-order valence-corrected chi connectivity index (χ4v) is 2.51. The van der Waals surface area contributed by atoms with Gasteiger partial charge in [-0.05, 0) is 37.5 Å². The summed E-state index contributed by atoms with van der Waals surface area (Å²) in [7, 11) is 0. The van der Waals surface area contributed by atoms with E-state index < -0.39 is 5.97 Å². The number of nitrogens with zero attached hydrogens (tertiary/aromatic N) is 1. The molecule has 0 radical (unpaired) electrons. The van der Waals surface area contributed by atoms with Gasteiger partial charge in [0.05, 0.1) is 5.56 Å². The second-order valence-corrected chi connectivity index (χ2v) is 4.66. The Bertz CT molecular complexity index is 407. The molecule has 1 aromatic carbocycles. The van der Waals surface area contributed by atoms with Gasteiger partial charge in [0.2, 0.25) is 0 Å². The highest BCUT2D eigenvalue weighted by molar-refractivity contribution is 5.91. The molecule has 0 aliphatic carbocycles. The third-order valence-electron chi connectivity index (χ3n) is 3.48. The standard InChI is InChI=1S/C14H19NO2/c1-11-12(14(16)17)7-6-8-13(11)15-9-4-2-3-5-10-15/h6-8H,2-5,9-10H2,1H3,(H,16,17). The van der Waals surface area contributed by atoms with Gasteiger partial charge in [0.1, 0.15) is 0 Å². The molecule has 0 amide bonds. The molecular formula is C14H19NO2. The summed E-state index contributed by atoms with van der Waals surface area (Å²) in [6.07, 6.45) is 4.98. The first kappa shape index (κ1) is 12.0. The van der Waals surface area contributed by atoms with Crippen molar-refractivity contribution in [3.8, 4) is 0 Å². The monoisotopic (exact) mass is 233 g/mol. The van der Waals surface area contributed by atoms with Crippen LogP contribution in [0.1, 0.15) is 41.6 Å². The summed E-state index contributed by atoms with van der Waals surface area (Å²) in [4.78, 5) is 13.4. The third-order valence-corrected chi connectivity index (χ3v) is 3.48. The smallest absolute Gasteiger partial charge is 0.336 e. The lowest BCUT2D eigenvalue weighted by molar-refractivity contribution is 0.0696. The lowest BCUT2D eigenvalue weighted by Gasteiger charge is -2.25. The van der Waals surface area contributed by atoms with Crippen LogP contribution in [-0.2, 0) is 0 Å². The van der Waals surface area contributed by atoms with E-state index in [9.17, 15) is 4.79 Å². The largest absolute Gasteiger partial charge is 0.478 e. The molecule has 0 aromatic heterocycles. The molecule has 0 saturated carbocycles. The van der Waals surface area contributed by atoms with Crippen molar-refractivity contribution in [3.05, 3.63) is 29.3 Å². The Balaban J connectivity index is 2.30. The summed E-state index contributed by atoms with van der Waals surface area (Å²) in [6.45, 7) is 4.00. The van der Waals surface area contributed by atoms with E-state index in [0.717, 1.165) is 24.3 Å². The maximum atomic E-state index is 11.1. The van der Waals surface area contributed by atoms with Crippen molar-refractivity contribution in [3.63, 3.8) is 0 Å². The van der Waals surface area contributed by atoms with Crippen LogP contribution in [0.25, 0.3) is 0 Å². The number of hydrogen-bond donors (Lipinski definition) is 1. The maximum absolute atomic E-state index is 11.1. The van der Waals surface area contributed by atoms with Crippen molar-refractivity contribution in [2.45, 2.75) is 32.6 Å². The van der Waals surface area contributed by atoms with Crippen molar-refractivity contribution in [2.24, 2.45) is 0 Å². The van der Waals surface area contributed by atoms with Crippen molar-refractivity contribution in [2.75, 3.05) is 18.0 Å². The average molecular weight is 233 g/mol. The molecule has 0 atom stereocenters. The van der Waals surface area contributed by atoms with E-state index in [4.69, 9.17) is 5.11 Å². The van der Waals surface area contributed by atoms with Crippen LogP contribution < -0.4 is 4.90 Å². The number of hydrogen-bond acceptors (Lipinski definition) is 2. The Morgan fingerprint density at radius 2 is 1.82 bits per heavy atom. The summed E-state index contributed by atoms with van der Waals surface area (Å²) in [5, 5.41) is 9.13.